The van der Waals surface area contributed by atoms with Crippen molar-refractivity contribution in [2.24, 2.45) is 5.92 Å². The van der Waals surface area contributed by atoms with Crippen molar-refractivity contribution in [3.05, 3.63) is 46.1 Å². The van der Waals surface area contributed by atoms with E-state index < -0.39 is 47.3 Å². The largest absolute Gasteiger partial charge is 0.469 e. The molecule has 0 bridgehead atoms. The average Bonchev–Trinajstić information content (AvgIpc) is 3.61. The van der Waals surface area contributed by atoms with Gasteiger partial charge in [-0.3, -0.25) is 24.3 Å². The number of rotatable bonds is 4. The SMILES string of the molecule is COC(=O)[C@@H]1[C@H](C(=O)OC)N2c3c(Cl)nn4nnnc4c3C(C)(C)N2[C@H]1CN1C(=O)c2ccccc2C1=O. The molecule has 196 valence electrons. The summed E-state index contributed by atoms with van der Waals surface area (Å²) >= 11 is 6.62. The van der Waals surface area contributed by atoms with Crippen LogP contribution in [0, 0.1) is 5.92 Å². The van der Waals surface area contributed by atoms with Crippen LogP contribution in [0.3, 0.4) is 0 Å². The van der Waals surface area contributed by atoms with Gasteiger partial charge in [0.05, 0.1) is 42.5 Å². The van der Waals surface area contributed by atoms with Crippen LogP contribution < -0.4 is 5.01 Å². The van der Waals surface area contributed by atoms with Crippen molar-refractivity contribution in [1.29, 1.82) is 0 Å². The predicted molar refractivity (Wildman–Crippen MR) is 128 cm³/mol. The van der Waals surface area contributed by atoms with Gasteiger partial charge in [-0.05, 0) is 36.4 Å². The van der Waals surface area contributed by atoms with Crippen LogP contribution in [0.15, 0.2) is 24.3 Å². The van der Waals surface area contributed by atoms with Gasteiger partial charge in [0, 0.05) is 6.54 Å². The Morgan fingerprint density at radius 1 is 1.05 bits per heavy atom. The number of fused-ring (bicyclic) bond motifs is 6. The number of aromatic nitrogens is 5. The standard InChI is InChI=1S/C23H21ClN8O6/c1-23(2)14-16(17(24)26-32-18(14)25-27-28-32)30-15(22(36)38-4)13(21(35)37-3)12(31(23)30)9-29-19(33)10-7-5-6-8-11(10)20(29)34/h5-8,12-13,15H,9H2,1-4H3/t12-,13-,15+/m0/s1. The minimum absolute atomic E-state index is 0.0192. The molecular weight excluding hydrogens is 520 g/mol. The number of halogens is 1. The third kappa shape index (κ3) is 2.98. The molecule has 3 aliphatic rings. The molecule has 0 saturated carbocycles. The number of ether oxygens (including phenoxy) is 2. The molecular formula is C23H21ClN8O6. The molecule has 2 aromatic heterocycles. The first-order chi connectivity index (χ1) is 18.1. The molecule has 1 saturated heterocycles. The number of benzene rings is 1. The number of anilines is 1. The predicted octanol–water partition coefficient (Wildman–Crippen LogP) is 0.454. The number of nitrogens with zero attached hydrogens (tertiary/aromatic N) is 8. The van der Waals surface area contributed by atoms with Crippen LogP contribution in [0.4, 0.5) is 5.69 Å². The van der Waals surface area contributed by atoms with Gasteiger partial charge in [-0.25, -0.2) is 9.80 Å². The number of hydrazine groups is 1. The number of hydrogen-bond donors (Lipinski definition) is 0. The number of carbonyl (C=O) groups is 4. The van der Waals surface area contributed by atoms with Gasteiger partial charge >= 0.3 is 11.9 Å². The zero-order valence-electron chi connectivity index (χ0n) is 20.7. The maximum atomic E-state index is 13.3. The summed E-state index contributed by atoms with van der Waals surface area (Å²) in [4.78, 5) is 54.2. The molecule has 3 aromatic rings. The van der Waals surface area contributed by atoms with Gasteiger partial charge < -0.3 is 9.47 Å². The Hall–Kier alpha value is -4.17. The van der Waals surface area contributed by atoms with Crippen LogP contribution in [0.2, 0.25) is 5.15 Å². The van der Waals surface area contributed by atoms with Crippen molar-refractivity contribution in [2.45, 2.75) is 31.5 Å². The Kier molecular flexibility index (Phi) is 5.20. The topological polar surface area (TPSA) is 152 Å². The third-order valence-corrected chi connectivity index (χ3v) is 7.69. The van der Waals surface area contributed by atoms with Gasteiger partial charge in [-0.1, -0.05) is 23.7 Å². The number of carbonyl (C=O) groups excluding carboxylic acids is 4. The number of tetrazole rings is 1. The van der Waals surface area contributed by atoms with Crippen LogP contribution >= 0.6 is 11.6 Å². The molecule has 3 aliphatic heterocycles. The van der Waals surface area contributed by atoms with Gasteiger partial charge in [0.1, 0.15) is 11.6 Å². The number of hydrogen-bond acceptors (Lipinski definition) is 12. The minimum atomic E-state index is -1.24. The van der Waals surface area contributed by atoms with E-state index in [1.165, 1.54) is 23.9 Å². The lowest BCUT2D eigenvalue weighted by atomic mass is 9.87. The molecule has 0 aliphatic carbocycles. The summed E-state index contributed by atoms with van der Waals surface area (Å²) < 4.78 is 11.4. The molecule has 15 heteroatoms. The van der Waals surface area contributed by atoms with Crippen molar-refractivity contribution in [3.8, 4) is 0 Å². The second-order valence-corrected chi connectivity index (χ2v) is 9.96. The smallest absolute Gasteiger partial charge is 0.331 e. The first-order valence-electron chi connectivity index (χ1n) is 11.6. The van der Waals surface area contributed by atoms with E-state index in [0.717, 1.165) is 4.90 Å². The molecule has 5 heterocycles. The van der Waals surface area contributed by atoms with E-state index in [4.69, 9.17) is 21.1 Å². The Bertz CT molecular complexity index is 1520. The van der Waals surface area contributed by atoms with Gasteiger partial charge in [-0.2, -0.15) is 0 Å². The first-order valence-corrected chi connectivity index (χ1v) is 12.0. The number of amides is 2. The molecule has 3 atom stereocenters. The van der Waals surface area contributed by atoms with E-state index in [9.17, 15) is 19.2 Å². The lowest BCUT2D eigenvalue weighted by Crippen LogP contribution is -2.53. The van der Waals surface area contributed by atoms with Crippen molar-refractivity contribution in [1.82, 2.24) is 35.2 Å². The van der Waals surface area contributed by atoms with Crippen molar-refractivity contribution in [2.75, 3.05) is 25.8 Å². The third-order valence-electron chi connectivity index (χ3n) is 7.43. The fourth-order valence-electron chi connectivity index (χ4n) is 5.94. The van der Waals surface area contributed by atoms with E-state index in [0.29, 0.717) is 16.9 Å². The highest BCUT2D eigenvalue weighted by molar-refractivity contribution is 6.32. The first kappa shape index (κ1) is 24.2. The average molecular weight is 541 g/mol. The second kappa shape index (κ2) is 8.16. The summed E-state index contributed by atoms with van der Waals surface area (Å²) in [5.41, 5.74) is 0.690. The molecule has 1 aromatic carbocycles. The van der Waals surface area contributed by atoms with Crippen LogP contribution in [0.25, 0.3) is 5.65 Å². The Labute approximate surface area is 220 Å². The summed E-state index contributed by atoms with van der Waals surface area (Å²) in [6.07, 6.45) is 0. The van der Waals surface area contributed by atoms with E-state index in [2.05, 4.69) is 20.6 Å². The molecule has 38 heavy (non-hydrogen) atoms. The van der Waals surface area contributed by atoms with E-state index in [1.807, 2.05) is 13.8 Å². The highest BCUT2D eigenvalue weighted by atomic mass is 35.5. The number of methoxy groups -OCH3 is 2. The molecule has 2 amide bonds. The van der Waals surface area contributed by atoms with Crippen molar-refractivity contribution in [3.63, 3.8) is 0 Å². The second-order valence-electron chi connectivity index (χ2n) is 9.61. The summed E-state index contributed by atoms with van der Waals surface area (Å²) in [6.45, 7) is 3.44. The molecule has 1 fully saturated rings. The van der Waals surface area contributed by atoms with E-state index in [-0.39, 0.29) is 22.8 Å². The molecule has 0 N–H and O–H groups in total. The van der Waals surface area contributed by atoms with Gasteiger partial charge in [0.15, 0.2) is 11.2 Å². The van der Waals surface area contributed by atoms with Crippen molar-refractivity contribution < 1.29 is 28.7 Å². The zero-order chi connectivity index (χ0) is 27.1. The van der Waals surface area contributed by atoms with E-state index >= 15 is 0 Å². The lowest BCUT2D eigenvalue weighted by molar-refractivity contribution is -0.153. The van der Waals surface area contributed by atoms with Crippen LogP contribution in [-0.2, 0) is 24.6 Å². The maximum absolute atomic E-state index is 13.3. The van der Waals surface area contributed by atoms with Gasteiger partial charge in [0.2, 0.25) is 5.65 Å². The Morgan fingerprint density at radius 2 is 1.68 bits per heavy atom. The summed E-state index contributed by atoms with van der Waals surface area (Å²) in [5, 5.41) is 19.1. The maximum Gasteiger partial charge on any atom is 0.331 e. The van der Waals surface area contributed by atoms with Gasteiger partial charge in [-0.15, -0.1) is 14.8 Å². The fraction of sp³-hybridized carbons (Fsp3) is 0.391. The van der Waals surface area contributed by atoms with Crippen LogP contribution in [-0.4, -0.2) is 91.8 Å². The van der Waals surface area contributed by atoms with Crippen LogP contribution in [0.5, 0.6) is 0 Å². The van der Waals surface area contributed by atoms with Crippen molar-refractivity contribution >= 4 is 46.7 Å². The molecule has 0 unspecified atom stereocenters. The summed E-state index contributed by atoms with van der Waals surface area (Å²) in [7, 11) is 2.40. The zero-order valence-corrected chi connectivity index (χ0v) is 21.4. The monoisotopic (exact) mass is 540 g/mol. The normalized spacial score (nSPS) is 23.6. The Balaban J connectivity index is 1.55. The molecule has 6 rings (SSSR count). The molecule has 14 nitrogen and oxygen atoms in total. The highest BCUT2D eigenvalue weighted by Crippen LogP contribution is 2.55. The number of esters is 2. The number of imide groups is 1. The quantitative estimate of drug-likeness (QED) is 0.333. The Morgan fingerprint density at radius 3 is 2.29 bits per heavy atom. The van der Waals surface area contributed by atoms with Gasteiger partial charge in [0.25, 0.3) is 11.8 Å². The lowest BCUT2D eigenvalue weighted by Gasteiger charge is -2.38. The summed E-state index contributed by atoms with van der Waals surface area (Å²) in [5.74, 6) is -3.62. The molecule has 0 radical (unpaired) electrons. The highest BCUT2D eigenvalue weighted by Gasteiger charge is 2.65. The molecule has 0 spiro atoms. The summed E-state index contributed by atoms with van der Waals surface area (Å²) in [6, 6.07) is 4.32. The minimum Gasteiger partial charge on any atom is -0.469 e. The fourth-order valence-corrected chi connectivity index (χ4v) is 6.19. The van der Waals surface area contributed by atoms with Crippen LogP contribution in [0.1, 0.15) is 40.1 Å². The van der Waals surface area contributed by atoms with E-state index in [1.54, 1.807) is 29.3 Å².